The van der Waals surface area contributed by atoms with Crippen LogP contribution in [0.2, 0.25) is 23.2 Å². The maximum Gasteiger partial charge on any atom is 0.261 e. The molecule has 0 radical (unpaired) electrons. The third-order valence-corrected chi connectivity index (χ3v) is 17.3. The van der Waals surface area contributed by atoms with E-state index in [1.54, 1.807) is 6.08 Å². The van der Waals surface area contributed by atoms with Crippen molar-refractivity contribution < 1.29 is 14.0 Å². The summed E-state index contributed by atoms with van der Waals surface area (Å²) in [5.41, 5.74) is 0. The maximum absolute atomic E-state index is 10.7. The van der Waals surface area contributed by atoms with Crippen molar-refractivity contribution in [2.45, 2.75) is 96.7 Å². The fourth-order valence-corrected chi connectivity index (χ4v) is 10.7. The second-order valence-corrected chi connectivity index (χ2v) is 21.8. The maximum atomic E-state index is 10.7. The second-order valence-electron chi connectivity index (χ2n) is 12.8. The Morgan fingerprint density at radius 3 is 1.72 bits per heavy atom. The Morgan fingerprint density at radius 1 is 0.861 bits per heavy atom. The topological polar surface area (TPSA) is 38.7 Å². The zero-order valence-corrected chi connectivity index (χ0v) is 26.2. The van der Waals surface area contributed by atoms with Crippen LogP contribution in [0.25, 0.3) is 0 Å². The van der Waals surface area contributed by atoms with E-state index < -0.39 is 22.7 Å². The molecule has 0 saturated heterocycles. The first kappa shape index (κ1) is 30.7. The quantitative estimate of drug-likeness (QED) is 0.241. The van der Waals surface area contributed by atoms with Gasteiger partial charge < -0.3 is 14.0 Å². The number of hydrogen-bond donors (Lipinski definition) is 1. The minimum absolute atomic E-state index is 0.0758. The first-order valence-electron chi connectivity index (χ1n) is 13.4. The first-order chi connectivity index (χ1) is 16.7. The van der Waals surface area contributed by atoms with Gasteiger partial charge in [0.25, 0.3) is 8.32 Å². The predicted octanol–water partition coefficient (Wildman–Crippen LogP) is 6.92. The lowest BCUT2D eigenvalue weighted by molar-refractivity contribution is 0.0399. The van der Waals surface area contributed by atoms with Gasteiger partial charge >= 0.3 is 0 Å². The number of benzene rings is 2. The van der Waals surface area contributed by atoms with Gasteiger partial charge in [-0.3, -0.25) is 0 Å². The third-order valence-electron chi connectivity index (χ3n) is 7.81. The fraction of sp³-hybridized carbons (Fsp3) is 0.548. The van der Waals surface area contributed by atoms with Crippen LogP contribution >= 0.6 is 0 Å². The summed E-state index contributed by atoms with van der Waals surface area (Å²) in [5.74, 6) is 0.125. The summed E-state index contributed by atoms with van der Waals surface area (Å²) >= 11 is 0. The Labute approximate surface area is 223 Å². The van der Waals surface area contributed by atoms with Crippen LogP contribution in [0.5, 0.6) is 0 Å². The van der Waals surface area contributed by atoms with E-state index in [-0.39, 0.29) is 22.1 Å². The van der Waals surface area contributed by atoms with Crippen LogP contribution in [0.3, 0.4) is 0 Å². The molecule has 0 saturated carbocycles. The van der Waals surface area contributed by atoms with Gasteiger partial charge in [-0.05, 0) is 46.4 Å². The summed E-state index contributed by atoms with van der Waals surface area (Å²) in [6, 6.07) is 21.5. The van der Waals surface area contributed by atoms with E-state index in [0.29, 0.717) is 19.4 Å². The molecule has 200 valence electrons. The molecule has 0 aliphatic heterocycles. The van der Waals surface area contributed by atoms with E-state index in [4.69, 9.17) is 8.85 Å². The summed E-state index contributed by atoms with van der Waals surface area (Å²) in [5, 5.41) is 13.3. The van der Waals surface area contributed by atoms with E-state index in [9.17, 15) is 5.11 Å². The van der Waals surface area contributed by atoms with Crippen LogP contribution in [0.1, 0.15) is 61.3 Å². The third kappa shape index (κ3) is 7.29. The molecule has 0 aliphatic carbocycles. The van der Waals surface area contributed by atoms with Crippen molar-refractivity contribution in [2.24, 2.45) is 5.92 Å². The molecule has 1 unspecified atom stereocenters. The van der Waals surface area contributed by atoms with Crippen molar-refractivity contribution in [2.75, 3.05) is 6.61 Å². The van der Waals surface area contributed by atoms with Crippen molar-refractivity contribution in [1.29, 1.82) is 0 Å². The summed E-state index contributed by atoms with van der Waals surface area (Å²) in [6.45, 7) is 24.9. The van der Waals surface area contributed by atoms with E-state index in [0.717, 1.165) is 0 Å². The smallest absolute Gasteiger partial charge is 0.261 e. The highest BCUT2D eigenvalue weighted by Gasteiger charge is 2.50. The van der Waals surface area contributed by atoms with Crippen LogP contribution in [-0.2, 0) is 8.85 Å². The van der Waals surface area contributed by atoms with Crippen LogP contribution in [0, 0.1) is 5.92 Å². The predicted molar refractivity (Wildman–Crippen MR) is 160 cm³/mol. The van der Waals surface area contributed by atoms with Crippen LogP contribution in [-0.4, -0.2) is 40.6 Å². The summed E-state index contributed by atoms with van der Waals surface area (Å²) in [4.78, 5) is 0. The first-order valence-corrected chi connectivity index (χ1v) is 18.2. The average molecular weight is 527 g/mol. The van der Waals surface area contributed by atoms with Crippen LogP contribution < -0.4 is 10.4 Å². The Bertz CT molecular complexity index is 890. The molecule has 0 heterocycles. The van der Waals surface area contributed by atoms with Gasteiger partial charge in [-0.1, -0.05) is 115 Å². The number of rotatable bonds is 12. The summed E-state index contributed by atoms with van der Waals surface area (Å²) in [7, 11) is -4.67. The van der Waals surface area contributed by atoms with Gasteiger partial charge in [0, 0.05) is 12.5 Å². The van der Waals surface area contributed by atoms with Crippen molar-refractivity contribution in [3.05, 3.63) is 73.3 Å². The Morgan fingerprint density at radius 2 is 1.33 bits per heavy atom. The average Bonchev–Trinajstić information content (AvgIpc) is 2.78. The summed E-state index contributed by atoms with van der Waals surface area (Å²) < 4.78 is 14.1. The van der Waals surface area contributed by atoms with Gasteiger partial charge in [-0.2, -0.15) is 0 Å². The number of aliphatic hydroxyl groups is 1. The molecule has 5 heteroatoms. The Hall–Kier alpha value is -1.51. The minimum atomic E-state index is -2.63. The molecule has 0 bridgehead atoms. The Kier molecular flexibility index (Phi) is 10.5. The molecule has 0 aromatic heterocycles. The second kappa shape index (κ2) is 12.4. The molecule has 1 N–H and O–H groups in total. The lowest BCUT2D eigenvalue weighted by Crippen LogP contribution is -2.67. The number of hydrogen-bond acceptors (Lipinski definition) is 3. The molecule has 36 heavy (non-hydrogen) atoms. The molecule has 2 aromatic rings. The molecule has 0 spiro atoms. The van der Waals surface area contributed by atoms with Crippen molar-refractivity contribution >= 4 is 27.0 Å². The minimum Gasteiger partial charge on any atom is -0.413 e. The fourth-order valence-electron chi connectivity index (χ4n) is 4.63. The van der Waals surface area contributed by atoms with Crippen LogP contribution in [0.4, 0.5) is 0 Å². The molecule has 3 nitrogen and oxygen atoms in total. The van der Waals surface area contributed by atoms with Gasteiger partial charge in [-0.25, -0.2) is 0 Å². The van der Waals surface area contributed by atoms with Gasteiger partial charge in [0.15, 0.2) is 8.32 Å². The monoisotopic (exact) mass is 526 g/mol. The molecular weight excluding hydrogens is 477 g/mol. The largest absolute Gasteiger partial charge is 0.413 e. The van der Waals surface area contributed by atoms with E-state index in [1.165, 1.54) is 10.4 Å². The van der Waals surface area contributed by atoms with E-state index >= 15 is 0 Å². The molecule has 2 rings (SSSR count). The molecule has 0 amide bonds. The van der Waals surface area contributed by atoms with Gasteiger partial charge in [0.05, 0.1) is 12.2 Å². The van der Waals surface area contributed by atoms with Gasteiger partial charge in [-0.15, -0.1) is 6.58 Å². The van der Waals surface area contributed by atoms with Crippen molar-refractivity contribution in [3.8, 4) is 0 Å². The SMILES string of the molecule is C=CCC(O)C[C@H](O[Si](C)(C)C(C)(C)C)[C@@H](C)CO[Si](c1ccccc1)(c1ccccc1)C(C)(C)C. The van der Waals surface area contributed by atoms with E-state index in [1.807, 2.05) is 0 Å². The summed E-state index contributed by atoms with van der Waals surface area (Å²) in [6.07, 6.45) is 2.40. The molecule has 2 aromatic carbocycles. The molecule has 0 fully saturated rings. The van der Waals surface area contributed by atoms with Crippen molar-refractivity contribution in [1.82, 2.24) is 0 Å². The molecule has 3 atom stereocenters. The zero-order valence-electron chi connectivity index (χ0n) is 24.2. The normalized spacial score (nSPS) is 15.8. The van der Waals surface area contributed by atoms with Gasteiger partial charge in [0.1, 0.15) is 0 Å². The van der Waals surface area contributed by atoms with Crippen molar-refractivity contribution in [3.63, 3.8) is 0 Å². The standard InChI is InChI=1S/C31H50O3Si2/c1-11-18-26(32)23-29(34-35(9,10)30(3,4)5)25(2)24-33-36(31(6,7)8,27-19-14-12-15-20-27)28-21-16-13-17-22-28/h11-17,19-22,25-26,29,32H,1,18,23-24H2,2-10H3/t25-,26?,29-/m0/s1. The Balaban J connectivity index is 2.46. The number of aliphatic hydroxyl groups excluding tert-OH is 1. The molecular formula is C31H50O3Si2. The van der Waals surface area contributed by atoms with E-state index in [2.05, 4.69) is 129 Å². The highest BCUT2D eigenvalue weighted by Crippen LogP contribution is 2.40. The highest BCUT2D eigenvalue weighted by molar-refractivity contribution is 6.99. The zero-order chi connectivity index (χ0) is 27.2. The van der Waals surface area contributed by atoms with Gasteiger partial charge in [0.2, 0.25) is 0 Å². The lowest BCUT2D eigenvalue weighted by Gasteiger charge is -2.45. The lowest BCUT2D eigenvalue weighted by atomic mass is 9.99. The van der Waals surface area contributed by atoms with Crippen LogP contribution in [0.15, 0.2) is 73.3 Å². The highest BCUT2D eigenvalue weighted by atomic mass is 28.4. The molecule has 0 aliphatic rings.